The minimum absolute atomic E-state index is 0.200. The normalized spacial score (nSPS) is 10.7. The van der Waals surface area contributed by atoms with Crippen LogP contribution >= 0.6 is 0 Å². The van der Waals surface area contributed by atoms with Gasteiger partial charge in [0.05, 0.1) is 17.6 Å². The number of carbonyl (C=O) groups excluding carboxylic acids is 1. The molecule has 0 saturated heterocycles. The highest BCUT2D eigenvalue weighted by molar-refractivity contribution is 5.97. The zero-order valence-electron chi connectivity index (χ0n) is 11.4. The number of aromatic amines is 1. The van der Waals surface area contributed by atoms with Crippen molar-refractivity contribution in [3.05, 3.63) is 35.0 Å². The second-order valence-corrected chi connectivity index (χ2v) is 4.48. The fourth-order valence-corrected chi connectivity index (χ4v) is 1.90. The van der Waals surface area contributed by atoms with Crippen LogP contribution in [0.3, 0.4) is 0 Å². The number of anilines is 1. The molecule has 0 aliphatic heterocycles. The van der Waals surface area contributed by atoms with Gasteiger partial charge in [-0.05, 0) is 19.4 Å². The lowest BCUT2D eigenvalue weighted by Crippen LogP contribution is -2.27. The third-order valence-corrected chi connectivity index (χ3v) is 3.16. The number of rotatable bonds is 4. The second kappa shape index (κ2) is 5.17. The van der Waals surface area contributed by atoms with Gasteiger partial charge in [-0.1, -0.05) is 6.92 Å². The monoisotopic (exact) mass is 262 g/mol. The lowest BCUT2D eigenvalue weighted by atomic mass is 10.2. The van der Waals surface area contributed by atoms with Gasteiger partial charge in [0.15, 0.2) is 5.69 Å². The molecule has 0 radical (unpaired) electrons. The van der Waals surface area contributed by atoms with Gasteiger partial charge in [-0.2, -0.15) is 5.10 Å². The zero-order valence-corrected chi connectivity index (χ0v) is 11.4. The minimum atomic E-state index is -0.200. The van der Waals surface area contributed by atoms with Crippen LogP contribution in [0.5, 0.6) is 0 Å². The molecule has 0 aromatic carbocycles. The molecule has 0 unspecified atom stereocenters. The Labute approximate surface area is 111 Å². The van der Waals surface area contributed by atoms with Crippen LogP contribution < -0.4 is 5.73 Å². The summed E-state index contributed by atoms with van der Waals surface area (Å²) in [6.45, 7) is 4.29. The first-order valence-corrected chi connectivity index (χ1v) is 6.15. The van der Waals surface area contributed by atoms with Gasteiger partial charge in [-0.15, -0.1) is 0 Å². The molecule has 2 aromatic heterocycles. The van der Waals surface area contributed by atoms with E-state index in [1.807, 2.05) is 19.9 Å². The van der Waals surface area contributed by atoms with Crippen LogP contribution in [0, 0.1) is 6.92 Å². The number of aryl methyl sites for hydroxylation is 2. The number of hydrogen-bond acceptors (Lipinski definition) is 4. The van der Waals surface area contributed by atoms with Gasteiger partial charge in [-0.25, -0.2) is 0 Å². The molecule has 6 heteroatoms. The fourth-order valence-electron chi connectivity index (χ4n) is 1.90. The highest BCUT2D eigenvalue weighted by atomic mass is 16.3. The van der Waals surface area contributed by atoms with E-state index in [0.717, 1.165) is 23.4 Å². The molecule has 0 aliphatic rings. The third kappa shape index (κ3) is 2.47. The highest BCUT2D eigenvalue weighted by Crippen LogP contribution is 2.18. The van der Waals surface area contributed by atoms with Crippen molar-refractivity contribution < 1.29 is 9.21 Å². The maximum Gasteiger partial charge on any atom is 0.276 e. The summed E-state index contributed by atoms with van der Waals surface area (Å²) >= 11 is 0. The summed E-state index contributed by atoms with van der Waals surface area (Å²) in [5.41, 5.74) is 8.37. The van der Waals surface area contributed by atoms with E-state index in [1.165, 1.54) is 0 Å². The highest BCUT2D eigenvalue weighted by Gasteiger charge is 2.20. The number of furan rings is 1. The van der Waals surface area contributed by atoms with Gasteiger partial charge in [0.2, 0.25) is 0 Å². The molecular formula is C13H18N4O2. The molecule has 0 spiro atoms. The number of carbonyl (C=O) groups is 1. The van der Waals surface area contributed by atoms with Crippen molar-refractivity contribution in [2.24, 2.45) is 0 Å². The fraction of sp³-hybridized carbons (Fsp3) is 0.385. The van der Waals surface area contributed by atoms with E-state index in [4.69, 9.17) is 10.2 Å². The van der Waals surface area contributed by atoms with Crippen molar-refractivity contribution in [2.45, 2.75) is 26.8 Å². The summed E-state index contributed by atoms with van der Waals surface area (Å²) in [4.78, 5) is 13.8. The van der Waals surface area contributed by atoms with Crippen LogP contribution in [0.2, 0.25) is 0 Å². The largest absolute Gasteiger partial charge is 0.469 e. The molecule has 0 fully saturated rings. The lowest BCUT2D eigenvalue weighted by Gasteiger charge is -2.15. The number of nitrogens with two attached hydrogens (primary N) is 1. The van der Waals surface area contributed by atoms with Gasteiger partial charge >= 0.3 is 0 Å². The number of nitrogens with one attached hydrogen (secondary N) is 1. The average Bonchev–Trinajstić information content (AvgIpc) is 2.95. The first-order valence-electron chi connectivity index (χ1n) is 6.15. The van der Waals surface area contributed by atoms with Gasteiger partial charge < -0.3 is 15.1 Å². The molecule has 102 valence electrons. The standard InChI is InChI=1S/C13H18N4O2/c1-4-10-11(14)12(16-15-10)13(18)17(3)7-9-5-6-19-8(9)2/h5-6H,4,7,14H2,1-3H3,(H,15,16). The van der Waals surface area contributed by atoms with Crippen molar-refractivity contribution in [3.8, 4) is 0 Å². The number of nitrogens with zero attached hydrogens (tertiary/aromatic N) is 2. The molecular weight excluding hydrogens is 244 g/mol. The van der Waals surface area contributed by atoms with Gasteiger partial charge in [0.1, 0.15) is 5.76 Å². The molecule has 3 N–H and O–H groups in total. The predicted molar refractivity (Wildman–Crippen MR) is 71.6 cm³/mol. The summed E-state index contributed by atoms with van der Waals surface area (Å²) in [6, 6.07) is 1.85. The summed E-state index contributed by atoms with van der Waals surface area (Å²) in [5, 5.41) is 6.78. The molecule has 6 nitrogen and oxygen atoms in total. The number of amides is 1. The molecule has 2 rings (SSSR count). The summed E-state index contributed by atoms with van der Waals surface area (Å²) in [5.74, 6) is 0.609. The van der Waals surface area contributed by atoms with Crippen LogP contribution in [0.1, 0.15) is 34.4 Å². The maximum absolute atomic E-state index is 12.3. The summed E-state index contributed by atoms with van der Waals surface area (Å²) in [6.07, 6.45) is 2.33. The van der Waals surface area contributed by atoms with Crippen molar-refractivity contribution in [3.63, 3.8) is 0 Å². The van der Waals surface area contributed by atoms with Crippen molar-refractivity contribution in [2.75, 3.05) is 12.8 Å². The summed E-state index contributed by atoms with van der Waals surface area (Å²) < 4.78 is 5.21. The molecule has 2 aromatic rings. The number of hydrogen-bond donors (Lipinski definition) is 2. The SMILES string of the molecule is CCc1[nH]nc(C(=O)N(C)Cc2ccoc2C)c1N. The Morgan fingerprint density at radius 1 is 1.58 bits per heavy atom. The van der Waals surface area contributed by atoms with Crippen molar-refractivity contribution in [1.82, 2.24) is 15.1 Å². The molecule has 0 aliphatic carbocycles. The quantitative estimate of drug-likeness (QED) is 0.878. The molecule has 2 heterocycles. The van der Waals surface area contributed by atoms with E-state index in [2.05, 4.69) is 10.2 Å². The van der Waals surface area contributed by atoms with Gasteiger partial charge in [0.25, 0.3) is 5.91 Å². The van der Waals surface area contributed by atoms with E-state index >= 15 is 0 Å². The van der Waals surface area contributed by atoms with E-state index in [0.29, 0.717) is 12.2 Å². The first kappa shape index (κ1) is 13.2. The Bertz CT molecular complexity index is 585. The molecule has 0 saturated carbocycles. The van der Waals surface area contributed by atoms with Crippen molar-refractivity contribution >= 4 is 11.6 Å². The van der Waals surface area contributed by atoms with E-state index in [1.54, 1.807) is 18.2 Å². The lowest BCUT2D eigenvalue weighted by molar-refractivity contribution is 0.0780. The Balaban J connectivity index is 2.15. The minimum Gasteiger partial charge on any atom is -0.469 e. The van der Waals surface area contributed by atoms with Crippen LogP contribution in [0.4, 0.5) is 5.69 Å². The zero-order chi connectivity index (χ0) is 14.0. The third-order valence-electron chi connectivity index (χ3n) is 3.16. The molecule has 0 bridgehead atoms. The predicted octanol–water partition coefficient (Wildman–Crippen LogP) is 1.73. The van der Waals surface area contributed by atoms with E-state index in [-0.39, 0.29) is 11.6 Å². The van der Waals surface area contributed by atoms with E-state index in [9.17, 15) is 4.79 Å². The summed E-state index contributed by atoms with van der Waals surface area (Å²) in [7, 11) is 1.72. The van der Waals surface area contributed by atoms with Crippen LogP contribution in [0.25, 0.3) is 0 Å². The van der Waals surface area contributed by atoms with Gasteiger partial charge in [-0.3, -0.25) is 9.89 Å². The van der Waals surface area contributed by atoms with Crippen LogP contribution in [0.15, 0.2) is 16.7 Å². The van der Waals surface area contributed by atoms with E-state index < -0.39 is 0 Å². The van der Waals surface area contributed by atoms with Crippen molar-refractivity contribution in [1.29, 1.82) is 0 Å². The smallest absolute Gasteiger partial charge is 0.276 e. The maximum atomic E-state index is 12.3. The Hall–Kier alpha value is -2.24. The van der Waals surface area contributed by atoms with Gasteiger partial charge in [0, 0.05) is 19.2 Å². The Morgan fingerprint density at radius 2 is 2.32 bits per heavy atom. The topological polar surface area (TPSA) is 88.2 Å². The van der Waals surface area contributed by atoms with Crippen LogP contribution in [-0.4, -0.2) is 28.1 Å². The Morgan fingerprint density at radius 3 is 2.84 bits per heavy atom. The Kier molecular flexibility index (Phi) is 3.59. The number of H-pyrrole nitrogens is 1. The first-order chi connectivity index (χ1) is 9.04. The molecule has 19 heavy (non-hydrogen) atoms. The molecule has 1 amide bonds. The van der Waals surface area contributed by atoms with Crippen LogP contribution in [-0.2, 0) is 13.0 Å². The second-order valence-electron chi connectivity index (χ2n) is 4.48. The number of nitrogen functional groups attached to an aromatic ring is 1. The average molecular weight is 262 g/mol. The molecule has 0 atom stereocenters. The number of aromatic nitrogens is 2.